The number of unbranched alkanes of at least 4 members (excludes halogenated alkanes) is 10. The van der Waals surface area contributed by atoms with Crippen LogP contribution < -0.4 is 5.32 Å². The SMILES string of the molecule is CCCCCCCCCCCCCC(=O)N[C@H](CO)[C@H](OC(=O)CN(C)C)c1ccc([N+](=O)[O-])cc1.Cl. The molecule has 0 aliphatic heterocycles. The minimum absolute atomic E-state index is 0. The summed E-state index contributed by atoms with van der Waals surface area (Å²) in [6, 6.07) is 4.71. The van der Waals surface area contributed by atoms with E-state index < -0.39 is 29.6 Å². The van der Waals surface area contributed by atoms with Crippen LogP contribution in [0.1, 0.15) is 95.6 Å². The Morgan fingerprint density at radius 2 is 1.49 bits per heavy atom. The average Bonchev–Trinajstić information content (AvgIpc) is 2.84. The first-order chi connectivity index (χ1) is 17.3. The van der Waals surface area contributed by atoms with Crippen LogP contribution in [0.3, 0.4) is 0 Å². The number of hydrogen-bond acceptors (Lipinski definition) is 7. The number of nitrogens with one attached hydrogen (secondary N) is 1. The number of halogens is 1. The van der Waals surface area contributed by atoms with Gasteiger partial charge in [0.05, 0.1) is 24.1 Å². The molecule has 37 heavy (non-hydrogen) atoms. The third-order valence-corrected chi connectivity index (χ3v) is 6.05. The Morgan fingerprint density at radius 1 is 0.973 bits per heavy atom. The van der Waals surface area contributed by atoms with Gasteiger partial charge in [0.2, 0.25) is 5.91 Å². The molecule has 1 aromatic carbocycles. The van der Waals surface area contributed by atoms with E-state index in [-0.39, 0.29) is 30.5 Å². The fourth-order valence-corrected chi connectivity index (χ4v) is 4.05. The summed E-state index contributed by atoms with van der Waals surface area (Å²) < 4.78 is 5.59. The van der Waals surface area contributed by atoms with Crippen molar-refractivity contribution in [3.63, 3.8) is 0 Å². The number of rotatable bonds is 20. The van der Waals surface area contributed by atoms with Crippen molar-refractivity contribution in [1.29, 1.82) is 0 Å². The first-order valence-electron chi connectivity index (χ1n) is 13.3. The highest BCUT2D eigenvalue weighted by Crippen LogP contribution is 2.25. The molecule has 212 valence electrons. The summed E-state index contributed by atoms with van der Waals surface area (Å²) in [5.74, 6) is -0.748. The molecule has 2 atom stereocenters. The Labute approximate surface area is 227 Å². The predicted octanol–water partition coefficient (Wildman–Crippen LogP) is 5.34. The fourth-order valence-electron chi connectivity index (χ4n) is 4.05. The zero-order valence-electron chi connectivity index (χ0n) is 22.7. The van der Waals surface area contributed by atoms with Crippen molar-refractivity contribution in [2.24, 2.45) is 0 Å². The maximum Gasteiger partial charge on any atom is 0.320 e. The number of hydrogen-bond donors (Lipinski definition) is 2. The molecule has 0 aliphatic rings. The molecule has 0 fully saturated rings. The monoisotopic (exact) mass is 543 g/mol. The smallest absolute Gasteiger partial charge is 0.320 e. The Kier molecular flexibility index (Phi) is 19.5. The molecule has 1 rings (SSSR count). The van der Waals surface area contributed by atoms with Crippen LogP contribution in [-0.4, -0.2) is 60.1 Å². The number of nitro groups is 1. The Balaban J connectivity index is 0.0000130. The predicted molar refractivity (Wildman–Crippen MR) is 148 cm³/mol. The molecule has 0 bridgehead atoms. The van der Waals surface area contributed by atoms with Crippen LogP contribution in [0.5, 0.6) is 0 Å². The van der Waals surface area contributed by atoms with Crippen molar-refractivity contribution < 1.29 is 24.4 Å². The number of likely N-dealkylation sites (N-methyl/N-ethyl adjacent to an activating group) is 1. The molecule has 0 heterocycles. The highest BCUT2D eigenvalue weighted by molar-refractivity contribution is 5.85. The summed E-state index contributed by atoms with van der Waals surface area (Å²) in [7, 11) is 3.45. The second kappa shape index (κ2) is 20.8. The molecule has 0 aliphatic carbocycles. The topological polar surface area (TPSA) is 122 Å². The van der Waals surface area contributed by atoms with Crippen LogP contribution >= 0.6 is 12.4 Å². The van der Waals surface area contributed by atoms with Gasteiger partial charge in [-0.3, -0.25) is 24.6 Å². The van der Waals surface area contributed by atoms with Gasteiger partial charge in [-0.2, -0.15) is 0 Å². The van der Waals surface area contributed by atoms with E-state index in [1.807, 2.05) is 0 Å². The summed E-state index contributed by atoms with van der Waals surface area (Å²) in [6.07, 6.45) is 12.4. The summed E-state index contributed by atoms with van der Waals surface area (Å²) >= 11 is 0. The molecule has 0 spiro atoms. The summed E-state index contributed by atoms with van der Waals surface area (Å²) in [4.78, 5) is 37.0. The number of non-ortho nitro benzene ring substituents is 1. The minimum atomic E-state index is -0.968. The van der Waals surface area contributed by atoms with Crippen LogP contribution in [0.25, 0.3) is 0 Å². The summed E-state index contributed by atoms with van der Waals surface area (Å²) in [5.41, 5.74) is 0.361. The van der Waals surface area contributed by atoms with Crippen molar-refractivity contribution in [1.82, 2.24) is 10.2 Å². The van der Waals surface area contributed by atoms with E-state index in [1.54, 1.807) is 19.0 Å². The van der Waals surface area contributed by atoms with Gasteiger partial charge in [0.25, 0.3) is 5.69 Å². The number of benzene rings is 1. The normalized spacial score (nSPS) is 12.5. The maximum absolute atomic E-state index is 12.6. The molecule has 0 saturated heterocycles. The van der Waals surface area contributed by atoms with Gasteiger partial charge >= 0.3 is 5.97 Å². The van der Waals surface area contributed by atoms with Gasteiger partial charge in [0.1, 0.15) is 6.10 Å². The molecule has 0 saturated carbocycles. The number of nitro benzene ring substituents is 1. The first-order valence-corrected chi connectivity index (χ1v) is 13.3. The van der Waals surface area contributed by atoms with Crippen LogP contribution in [0.2, 0.25) is 0 Å². The van der Waals surface area contributed by atoms with Crippen molar-refractivity contribution in [3.05, 3.63) is 39.9 Å². The number of esters is 1. The molecular weight excluding hydrogens is 498 g/mol. The Hall–Kier alpha value is -2.23. The third kappa shape index (κ3) is 15.6. The third-order valence-electron chi connectivity index (χ3n) is 6.05. The van der Waals surface area contributed by atoms with Crippen LogP contribution in [-0.2, 0) is 14.3 Å². The standard InChI is InChI=1S/C27H45N3O6.ClH/c1-4-5-6-7-8-9-10-11-12-13-14-15-25(32)28-24(21-31)27(36-26(33)20-29(2)3)22-16-18-23(19-17-22)30(34)35;/h16-19,24,27,31H,4-15,20-21H2,1-3H3,(H,28,32);1H/t24-,27-;/m1./s1. The number of aliphatic hydroxyl groups excluding tert-OH is 1. The van der Waals surface area contributed by atoms with Crippen molar-refractivity contribution >= 4 is 30.0 Å². The lowest BCUT2D eigenvalue weighted by molar-refractivity contribution is -0.384. The van der Waals surface area contributed by atoms with E-state index in [1.165, 1.54) is 75.6 Å². The largest absolute Gasteiger partial charge is 0.454 e. The lowest BCUT2D eigenvalue weighted by atomic mass is 10.0. The van der Waals surface area contributed by atoms with E-state index >= 15 is 0 Å². The van der Waals surface area contributed by atoms with E-state index in [0.717, 1.165) is 19.3 Å². The van der Waals surface area contributed by atoms with Crippen molar-refractivity contribution in [2.45, 2.75) is 96.1 Å². The van der Waals surface area contributed by atoms with Gasteiger partial charge in [-0.25, -0.2) is 0 Å². The quantitative estimate of drug-likeness (QED) is 0.0984. The van der Waals surface area contributed by atoms with Crippen LogP contribution in [0.15, 0.2) is 24.3 Å². The summed E-state index contributed by atoms with van der Waals surface area (Å²) in [5, 5.41) is 23.7. The van der Waals surface area contributed by atoms with Gasteiger partial charge in [-0.15, -0.1) is 12.4 Å². The van der Waals surface area contributed by atoms with Gasteiger partial charge < -0.3 is 15.2 Å². The molecule has 10 heteroatoms. The number of carbonyl (C=O) groups excluding carboxylic acids is 2. The summed E-state index contributed by atoms with van der Waals surface area (Å²) in [6.45, 7) is 1.80. The number of amides is 1. The molecule has 2 N–H and O–H groups in total. The molecule has 1 amide bonds. The average molecular weight is 544 g/mol. The van der Waals surface area contributed by atoms with Crippen LogP contribution in [0, 0.1) is 10.1 Å². The van der Waals surface area contributed by atoms with Gasteiger partial charge in [0, 0.05) is 18.6 Å². The fraction of sp³-hybridized carbons (Fsp3) is 0.704. The lowest BCUT2D eigenvalue weighted by Gasteiger charge is -2.27. The number of aliphatic hydroxyl groups is 1. The van der Waals surface area contributed by atoms with E-state index in [2.05, 4.69) is 12.2 Å². The molecule has 1 aromatic rings. The lowest BCUT2D eigenvalue weighted by Crippen LogP contribution is -2.44. The van der Waals surface area contributed by atoms with Gasteiger partial charge in [-0.05, 0) is 38.2 Å². The van der Waals surface area contributed by atoms with Gasteiger partial charge in [-0.1, -0.05) is 71.1 Å². The molecular formula is C27H46ClN3O6. The second-order valence-electron chi connectivity index (χ2n) is 9.64. The molecule has 9 nitrogen and oxygen atoms in total. The number of carbonyl (C=O) groups is 2. The van der Waals surface area contributed by atoms with Crippen LogP contribution in [0.4, 0.5) is 5.69 Å². The highest BCUT2D eigenvalue weighted by atomic mass is 35.5. The highest BCUT2D eigenvalue weighted by Gasteiger charge is 2.28. The van der Waals surface area contributed by atoms with Crippen molar-refractivity contribution in [3.8, 4) is 0 Å². The Bertz CT molecular complexity index is 776. The maximum atomic E-state index is 12.6. The van der Waals surface area contributed by atoms with Gasteiger partial charge in [0.15, 0.2) is 0 Å². The zero-order chi connectivity index (χ0) is 26.8. The first kappa shape index (κ1) is 34.8. The Morgan fingerprint density at radius 3 is 1.95 bits per heavy atom. The van der Waals surface area contributed by atoms with E-state index in [4.69, 9.17) is 4.74 Å². The van der Waals surface area contributed by atoms with E-state index in [9.17, 15) is 24.8 Å². The second-order valence-corrected chi connectivity index (χ2v) is 9.64. The number of nitrogens with zero attached hydrogens (tertiary/aromatic N) is 2. The molecule has 0 aromatic heterocycles. The van der Waals surface area contributed by atoms with E-state index in [0.29, 0.717) is 12.0 Å². The molecule has 0 unspecified atom stereocenters. The minimum Gasteiger partial charge on any atom is -0.454 e. The van der Waals surface area contributed by atoms with Crippen molar-refractivity contribution in [2.75, 3.05) is 27.2 Å². The number of ether oxygens (including phenoxy) is 1. The molecule has 0 radical (unpaired) electrons. The zero-order valence-corrected chi connectivity index (χ0v) is 23.5.